The van der Waals surface area contributed by atoms with E-state index in [-0.39, 0.29) is 10.9 Å². The average molecular weight is 260 g/mol. The minimum Gasteiger partial charge on any atom is -0.336 e. The van der Waals surface area contributed by atoms with E-state index in [1.54, 1.807) is 11.8 Å². The zero-order valence-corrected chi connectivity index (χ0v) is 11.5. The Kier molecular flexibility index (Phi) is 3.79. The standard InChI is InChI=1S/C11H20N2OS2/c1-11(2)9(12-14)13(10(15)16-11)8-6-4-3-5-7-8/h8-9,12,14H,3-7H2,1-2H3/t9-/m0/s1. The van der Waals surface area contributed by atoms with Crippen LogP contribution in [0, 0.1) is 0 Å². The van der Waals surface area contributed by atoms with Crippen LogP contribution in [0.2, 0.25) is 0 Å². The molecule has 2 N–H and O–H groups in total. The van der Waals surface area contributed by atoms with Crippen molar-refractivity contribution in [3.63, 3.8) is 0 Å². The lowest BCUT2D eigenvalue weighted by atomic mass is 9.93. The Hall–Kier alpha value is 0.160. The van der Waals surface area contributed by atoms with Crippen LogP contribution in [0.5, 0.6) is 0 Å². The van der Waals surface area contributed by atoms with Crippen molar-refractivity contribution in [2.75, 3.05) is 0 Å². The highest BCUT2D eigenvalue weighted by molar-refractivity contribution is 8.24. The summed E-state index contributed by atoms with van der Waals surface area (Å²) in [7, 11) is 0. The Balaban J connectivity index is 2.15. The predicted octanol–water partition coefficient (Wildman–Crippen LogP) is 2.74. The molecule has 2 aliphatic rings. The molecule has 0 aromatic carbocycles. The Labute approximate surface area is 107 Å². The molecule has 0 spiro atoms. The fourth-order valence-electron chi connectivity index (χ4n) is 2.71. The van der Waals surface area contributed by atoms with Crippen molar-refractivity contribution in [1.82, 2.24) is 10.4 Å². The lowest BCUT2D eigenvalue weighted by Crippen LogP contribution is -2.54. The molecule has 0 aromatic heterocycles. The highest BCUT2D eigenvalue weighted by atomic mass is 32.2. The van der Waals surface area contributed by atoms with Gasteiger partial charge in [0.15, 0.2) is 0 Å². The molecule has 0 amide bonds. The number of nitrogens with one attached hydrogen (secondary N) is 1. The first-order valence-corrected chi connectivity index (χ1v) is 7.19. The Bertz CT molecular complexity index is 277. The van der Waals surface area contributed by atoms with E-state index >= 15 is 0 Å². The summed E-state index contributed by atoms with van der Waals surface area (Å²) in [5.74, 6) is 0. The lowest BCUT2D eigenvalue weighted by molar-refractivity contribution is 0.0336. The van der Waals surface area contributed by atoms with Crippen molar-refractivity contribution < 1.29 is 5.21 Å². The summed E-state index contributed by atoms with van der Waals surface area (Å²) in [6, 6.07) is 0.514. The maximum absolute atomic E-state index is 9.36. The van der Waals surface area contributed by atoms with E-state index in [2.05, 4.69) is 24.2 Å². The molecule has 2 rings (SSSR count). The van der Waals surface area contributed by atoms with E-state index in [0.29, 0.717) is 6.04 Å². The highest BCUT2D eigenvalue weighted by Gasteiger charge is 2.46. The second-order valence-electron chi connectivity index (χ2n) is 5.20. The van der Waals surface area contributed by atoms with Crippen molar-refractivity contribution in [2.45, 2.75) is 62.9 Å². The van der Waals surface area contributed by atoms with Gasteiger partial charge in [0.25, 0.3) is 0 Å². The number of nitrogens with zero attached hydrogens (tertiary/aromatic N) is 1. The molecule has 2 fully saturated rings. The monoisotopic (exact) mass is 260 g/mol. The van der Waals surface area contributed by atoms with E-state index in [1.807, 2.05) is 0 Å². The molecule has 0 unspecified atom stereocenters. The van der Waals surface area contributed by atoms with E-state index in [9.17, 15) is 5.21 Å². The van der Waals surface area contributed by atoms with Gasteiger partial charge in [-0.3, -0.25) is 0 Å². The largest absolute Gasteiger partial charge is 0.336 e. The maximum Gasteiger partial charge on any atom is 0.138 e. The fraction of sp³-hybridized carbons (Fsp3) is 0.909. The minimum absolute atomic E-state index is 0.0481. The second kappa shape index (κ2) is 4.80. The van der Waals surface area contributed by atoms with Crippen LogP contribution in [0.1, 0.15) is 46.0 Å². The quantitative estimate of drug-likeness (QED) is 0.589. The number of thiocarbonyl (C=S) groups is 1. The summed E-state index contributed by atoms with van der Waals surface area (Å²) in [5.41, 5.74) is 2.45. The van der Waals surface area contributed by atoms with Crippen LogP contribution in [0.15, 0.2) is 0 Å². The lowest BCUT2D eigenvalue weighted by Gasteiger charge is -2.38. The summed E-state index contributed by atoms with van der Waals surface area (Å²) < 4.78 is 0.881. The molecule has 1 aliphatic carbocycles. The molecule has 5 heteroatoms. The zero-order chi connectivity index (χ0) is 11.8. The molecule has 1 aliphatic heterocycles. The smallest absolute Gasteiger partial charge is 0.138 e. The maximum atomic E-state index is 9.36. The summed E-state index contributed by atoms with van der Waals surface area (Å²) in [6.45, 7) is 4.25. The average Bonchev–Trinajstić information content (AvgIpc) is 2.48. The summed E-state index contributed by atoms with van der Waals surface area (Å²) in [6.07, 6.45) is 6.27. The number of thioether (sulfide) groups is 1. The summed E-state index contributed by atoms with van der Waals surface area (Å²) in [5, 5.41) is 9.36. The van der Waals surface area contributed by atoms with Crippen LogP contribution < -0.4 is 5.48 Å². The fourth-order valence-corrected chi connectivity index (χ4v) is 4.70. The van der Waals surface area contributed by atoms with Gasteiger partial charge in [0.05, 0.1) is 4.75 Å². The molecule has 0 aromatic rings. The van der Waals surface area contributed by atoms with Gasteiger partial charge in [-0.2, -0.15) is 5.48 Å². The third kappa shape index (κ3) is 2.23. The summed E-state index contributed by atoms with van der Waals surface area (Å²) in [4.78, 5) is 2.22. The first-order chi connectivity index (χ1) is 7.56. The first-order valence-electron chi connectivity index (χ1n) is 5.97. The number of hydrogen-bond donors (Lipinski definition) is 2. The Morgan fingerprint density at radius 3 is 2.56 bits per heavy atom. The zero-order valence-electron chi connectivity index (χ0n) is 9.90. The molecule has 1 saturated carbocycles. The molecule has 16 heavy (non-hydrogen) atoms. The second-order valence-corrected chi connectivity index (χ2v) is 7.49. The van der Waals surface area contributed by atoms with E-state index in [0.717, 1.165) is 4.32 Å². The number of hydrogen-bond acceptors (Lipinski definition) is 4. The Morgan fingerprint density at radius 2 is 2.00 bits per heavy atom. The minimum atomic E-state index is -0.0523. The predicted molar refractivity (Wildman–Crippen MR) is 71.7 cm³/mol. The number of rotatable bonds is 2. The molecular weight excluding hydrogens is 240 g/mol. The van der Waals surface area contributed by atoms with E-state index in [4.69, 9.17) is 12.2 Å². The van der Waals surface area contributed by atoms with Crippen LogP contribution in [-0.4, -0.2) is 31.4 Å². The van der Waals surface area contributed by atoms with Gasteiger partial charge in [0.1, 0.15) is 10.5 Å². The number of hydroxylamine groups is 1. The van der Waals surface area contributed by atoms with Gasteiger partial charge in [-0.25, -0.2) is 0 Å². The highest BCUT2D eigenvalue weighted by Crippen LogP contribution is 2.43. The SMILES string of the molecule is CC1(C)SC(=S)N(C2CCCCC2)[C@@H]1NO. The molecular formula is C11H20N2OS2. The van der Waals surface area contributed by atoms with Crippen molar-refractivity contribution >= 4 is 28.3 Å². The molecule has 1 atom stereocenters. The molecule has 0 radical (unpaired) electrons. The topological polar surface area (TPSA) is 35.5 Å². The van der Waals surface area contributed by atoms with Crippen LogP contribution in [0.25, 0.3) is 0 Å². The van der Waals surface area contributed by atoms with Crippen molar-refractivity contribution in [3.05, 3.63) is 0 Å². The van der Waals surface area contributed by atoms with Gasteiger partial charge < -0.3 is 10.1 Å². The van der Waals surface area contributed by atoms with Gasteiger partial charge in [-0.15, -0.1) is 0 Å². The van der Waals surface area contributed by atoms with Crippen LogP contribution in [-0.2, 0) is 0 Å². The third-order valence-corrected chi connectivity index (χ3v) is 5.18. The van der Waals surface area contributed by atoms with Gasteiger partial charge in [-0.1, -0.05) is 43.2 Å². The van der Waals surface area contributed by atoms with Crippen molar-refractivity contribution in [1.29, 1.82) is 0 Å². The van der Waals surface area contributed by atoms with Crippen molar-refractivity contribution in [2.24, 2.45) is 0 Å². The molecule has 1 heterocycles. The van der Waals surface area contributed by atoms with Crippen LogP contribution in [0.4, 0.5) is 0 Å². The normalized spacial score (nSPS) is 31.1. The van der Waals surface area contributed by atoms with Gasteiger partial charge in [0, 0.05) is 6.04 Å². The Morgan fingerprint density at radius 1 is 1.38 bits per heavy atom. The van der Waals surface area contributed by atoms with Crippen LogP contribution >= 0.6 is 24.0 Å². The molecule has 3 nitrogen and oxygen atoms in total. The van der Waals surface area contributed by atoms with E-state index in [1.165, 1.54) is 32.1 Å². The van der Waals surface area contributed by atoms with E-state index < -0.39 is 0 Å². The molecule has 0 bridgehead atoms. The molecule has 92 valence electrons. The van der Waals surface area contributed by atoms with Crippen molar-refractivity contribution in [3.8, 4) is 0 Å². The van der Waals surface area contributed by atoms with Gasteiger partial charge in [-0.05, 0) is 26.7 Å². The van der Waals surface area contributed by atoms with Crippen LogP contribution in [0.3, 0.4) is 0 Å². The molecule has 1 saturated heterocycles. The summed E-state index contributed by atoms with van der Waals surface area (Å²) >= 11 is 7.14. The van der Waals surface area contributed by atoms with Gasteiger partial charge >= 0.3 is 0 Å². The van der Waals surface area contributed by atoms with Gasteiger partial charge in [0.2, 0.25) is 0 Å². The third-order valence-electron chi connectivity index (χ3n) is 3.59. The first kappa shape index (κ1) is 12.6.